The number of carboxylic acids is 2. The number of carbonyl (C=O) groups is 3. The zero-order valence-corrected chi connectivity index (χ0v) is 17.2. The maximum absolute atomic E-state index is 12.1. The predicted molar refractivity (Wildman–Crippen MR) is 110 cm³/mol. The van der Waals surface area contributed by atoms with E-state index < -0.39 is 11.9 Å². The molecule has 164 valence electrons. The van der Waals surface area contributed by atoms with Gasteiger partial charge in [-0.05, 0) is 50.5 Å². The minimum absolute atomic E-state index is 0.0324. The maximum Gasteiger partial charge on any atom is 0.367 e. The molecule has 0 atom stereocenters. The van der Waals surface area contributed by atoms with Crippen molar-refractivity contribution in [3.63, 3.8) is 0 Å². The fourth-order valence-electron chi connectivity index (χ4n) is 4.75. The topological polar surface area (TPSA) is 116 Å². The van der Waals surface area contributed by atoms with Gasteiger partial charge in [-0.25, -0.2) is 4.79 Å². The number of allylic oxidation sites excluding steroid dienone is 3. The van der Waals surface area contributed by atoms with Crippen LogP contribution in [0.3, 0.4) is 0 Å². The van der Waals surface area contributed by atoms with Crippen LogP contribution in [0.25, 0.3) is 0 Å². The fraction of sp³-hybridized carbons (Fsp3) is 0.636. The van der Waals surface area contributed by atoms with Gasteiger partial charge >= 0.3 is 17.9 Å². The first kappa shape index (κ1) is 22.2. The van der Waals surface area contributed by atoms with Crippen LogP contribution in [0.5, 0.6) is 0 Å². The van der Waals surface area contributed by atoms with Crippen LogP contribution in [-0.2, 0) is 19.2 Å². The highest BCUT2D eigenvalue weighted by Crippen LogP contribution is 2.31. The van der Waals surface area contributed by atoms with Gasteiger partial charge in [0.25, 0.3) is 0 Å². The SMILES string of the molecule is O=C(O)CN(CC(=O)O)C1CCC(C=C/C=C2\C(=O)ON=C2C2CCCCC2)CC1. The number of nitrogens with zero attached hydrogens (tertiary/aromatic N) is 2. The Labute approximate surface area is 176 Å². The number of oxime groups is 1. The van der Waals surface area contributed by atoms with E-state index in [1.165, 1.54) is 11.3 Å². The zero-order valence-electron chi connectivity index (χ0n) is 17.2. The monoisotopic (exact) mass is 418 g/mol. The average molecular weight is 418 g/mol. The number of aliphatic carboxylic acids is 2. The summed E-state index contributed by atoms with van der Waals surface area (Å²) in [5, 5.41) is 22.1. The third-order valence-corrected chi connectivity index (χ3v) is 6.30. The Morgan fingerprint density at radius 2 is 1.63 bits per heavy atom. The van der Waals surface area contributed by atoms with Crippen molar-refractivity contribution in [3.05, 3.63) is 23.8 Å². The molecule has 2 aliphatic carbocycles. The number of rotatable bonds is 8. The first-order valence-electron chi connectivity index (χ1n) is 10.8. The molecular formula is C22H30N2O6. The summed E-state index contributed by atoms with van der Waals surface area (Å²) in [6.07, 6.45) is 14.6. The lowest BCUT2D eigenvalue weighted by molar-refractivity contribution is -0.143. The van der Waals surface area contributed by atoms with Crippen LogP contribution in [0.4, 0.5) is 0 Å². The third-order valence-electron chi connectivity index (χ3n) is 6.30. The van der Waals surface area contributed by atoms with Gasteiger partial charge in [0.05, 0.1) is 24.4 Å². The Morgan fingerprint density at radius 1 is 1.00 bits per heavy atom. The highest BCUT2D eigenvalue weighted by atomic mass is 16.7. The molecule has 1 aliphatic heterocycles. The first-order valence-corrected chi connectivity index (χ1v) is 10.8. The van der Waals surface area contributed by atoms with E-state index in [4.69, 9.17) is 15.1 Å². The van der Waals surface area contributed by atoms with Crippen molar-refractivity contribution in [1.29, 1.82) is 0 Å². The number of hydrogen-bond donors (Lipinski definition) is 2. The largest absolute Gasteiger partial charge is 0.480 e. The molecule has 0 aromatic rings. The Bertz CT molecular complexity index is 727. The fourth-order valence-corrected chi connectivity index (χ4v) is 4.75. The van der Waals surface area contributed by atoms with Gasteiger partial charge in [0.15, 0.2) is 0 Å². The molecule has 0 spiro atoms. The molecule has 0 saturated heterocycles. The van der Waals surface area contributed by atoms with E-state index in [9.17, 15) is 14.4 Å². The summed E-state index contributed by atoms with van der Waals surface area (Å²) >= 11 is 0. The summed E-state index contributed by atoms with van der Waals surface area (Å²) in [5.74, 6) is -1.79. The van der Waals surface area contributed by atoms with Crippen LogP contribution in [0.2, 0.25) is 0 Å². The van der Waals surface area contributed by atoms with E-state index in [0.29, 0.717) is 17.4 Å². The maximum atomic E-state index is 12.1. The van der Waals surface area contributed by atoms with Crippen molar-refractivity contribution in [2.45, 2.75) is 63.8 Å². The Kier molecular flexibility index (Phi) is 7.79. The minimum atomic E-state index is -1.01. The van der Waals surface area contributed by atoms with E-state index in [-0.39, 0.29) is 25.1 Å². The molecule has 30 heavy (non-hydrogen) atoms. The summed E-state index contributed by atoms with van der Waals surface area (Å²) < 4.78 is 0. The standard InChI is InChI=1S/C22H30N2O6/c25-19(26)13-24(14-20(27)28)17-11-9-15(10-12-17)5-4-8-18-21(23-30-22(18)29)16-6-2-1-3-7-16/h4-5,8,15-17H,1-3,6-7,9-14H2,(H,25,26)(H,27,28)/b5-4?,18-8-. The van der Waals surface area contributed by atoms with Crippen LogP contribution in [-0.4, -0.2) is 57.9 Å². The smallest absolute Gasteiger partial charge is 0.367 e. The average Bonchev–Trinajstić information content (AvgIpc) is 3.08. The van der Waals surface area contributed by atoms with Crippen molar-refractivity contribution in [2.24, 2.45) is 17.0 Å². The highest BCUT2D eigenvalue weighted by molar-refractivity contribution is 6.23. The Balaban J connectivity index is 1.54. The normalized spacial score (nSPS) is 26.9. The molecular weight excluding hydrogens is 388 g/mol. The van der Waals surface area contributed by atoms with Gasteiger partial charge in [-0.3, -0.25) is 14.5 Å². The predicted octanol–water partition coefficient (Wildman–Crippen LogP) is 2.99. The summed E-state index contributed by atoms with van der Waals surface area (Å²) in [5.41, 5.74) is 1.34. The second-order valence-electron chi connectivity index (χ2n) is 8.42. The number of hydrogen-bond acceptors (Lipinski definition) is 6. The molecule has 8 heteroatoms. The van der Waals surface area contributed by atoms with E-state index >= 15 is 0 Å². The molecule has 0 aromatic heterocycles. The molecule has 2 saturated carbocycles. The van der Waals surface area contributed by atoms with Crippen LogP contribution < -0.4 is 0 Å². The summed E-state index contributed by atoms with van der Waals surface area (Å²) in [6, 6.07) is -0.0324. The Morgan fingerprint density at radius 3 is 2.23 bits per heavy atom. The summed E-state index contributed by atoms with van der Waals surface area (Å²) in [7, 11) is 0. The third kappa shape index (κ3) is 6.01. The van der Waals surface area contributed by atoms with Crippen LogP contribution >= 0.6 is 0 Å². The lowest BCUT2D eigenvalue weighted by Crippen LogP contribution is -2.43. The van der Waals surface area contributed by atoms with Gasteiger partial charge in [-0.15, -0.1) is 0 Å². The van der Waals surface area contributed by atoms with Gasteiger partial charge in [-0.1, -0.05) is 36.6 Å². The summed E-state index contributed by atoms with van der Waals surface area (Å²) in [4.78, 5) is 40.6. The second-order valence-corrected chi connectivity index (χ2v) is 8.42. The van der Waals surface area contributed by atoms with Crippen molar-refractivity contribution in [1.82, 2.24) is 4.90 Å². The lowest BCUT2D eigenvalue weighted by atomic mass is 9.83. The van der Waals surface area contributed by atoms with Crippen molar-refractivity contribution < 1.29 is 29.4 Å². The van der Waals surface area contributed by atoms with Gasteiger partial charge in [0.1, 0.15) is 0 Å². The molecule has 0 unspecified atom stereocenters. The van der Waals surface area contributed by atoms with Crippen LogP contribution in [0, 0.1) is 11.8 Å². The zero-order chi connectivity index (χ0) is 21.5. The first-order chi connectivity index (χ1) is 14.4. The molecule has 0 bridgehead atoms. The minimum Gasteiger partial charge on any atom is -0.480 e. The molecule has 8 nitrogen and oxygen atoms in total. The van der Waals surface area contributed by atoms with Gasteiger partial charge < -0.3 is 15.1 Å². The molecule has 0 radical (unpaired) electrons. The van der Waals surface area contributed by atoms with Gasteiger partial charge in [0, 0.05) is 12.0 Å². The second kappa shape index (κ2) is 10.5. The van der Waals surface area contributed by atoms with E-state index in [1.54, 1.807) is 6.08 Å². The summed E-state index contributed by atoms with van der Waals surface area (Å²) in [6.45, 7) is -0.510. The molecule has 3 aliphatic rings. The molecule has 0 aromatic carbocycles. The van der Waals surface area contributed by atoms with Crippen LogP contribution in [0.15, 0.2) is 29.0 Å². The van der Waals surface area contributed by atoms with Gasteiger partial charge in [-0.2, -0.15) is 0 Å². The van der Waals surface area contributed by atoms with E-state index in [1.807, 2.05) is 6.08 Å². The molecule has 3 rings (SSSR count). The Hall–Kier alpha value is -2.48. The van der Waals surface area contributed by atoms with Crippen molar-refractivity contribution in [2.75, 3.05) is 13.1 Å². The van der Waals surface area contributed by atoms with Crippen molar-refractivity contribution in [3.8, 4) is 0 Å². The van der Waals surface area contributed by atoms with E-state index in [2.05, 4.69) is 11.2 Å². The number of carboxylic acid groups (broad SMARTS) is 2. The van der Waals surface area contributed by atoms with Crippen molar-refractivity contribution >= 4 is 23.6 Å². The van der Waals surface area contributed by atoms with Crippen LogP contribution in [0.1, 0.15) is 57.8 Å². The number of carbonyl (C=O) groups excluding carboxylic acids is 1. The highest BCUT2D eigenvalue weighted by Gasteiger charge is 2.32. The van der Waals surface area contributed by atoms with E-state index in [0.717, 1.165) is 57.1 Å². The quantitative estimate of drug-likeness (QED) is 0.460. The molecule has 0 amide bonds. The van der Waals surface area contributed by atoms with Gasteiger partial charge in [0.2, 0.25) is 0 Å². The molecule has 2 N–H and O–H groups in total. The molecule has 2 fully saturated rings. The molecule has 1 heterocycles. The lowest BCUT2D eigenvalue weighted by Gasteiger charge is -2.34.